The van der Waals surface area contributed by atoms with Crippen molar-refractivity contribution < 1.29 is 39.2 Å². The van der Waals surface area contributed by atoms with Crippen molar-refractivity contribution in [2.45, 2.75) is 31.9 Å². The van der Waals surface area contributed by atoms with Crippen molar-refractivity contribution in [2.24, 2.45) is 10.9 Å². The Morgan fingerprint density at radius 3 is 2.18 bits per heavy atom. The van der Waals surface area contributed by atoms with Crippen molar-refractivity contribution in [3.8, 4) is 11.5 Å². The number of carbonyl (C=O) groups excluding carboxylic acids is 1. The van der Waals surface area contributed by atoms with Crippen LogP contribution in [0.4, 0.5) is 0 Å². The largest absolute Gasteiger partial charge is 0.493 e. The fourth-order valence-corrected chi connectivity index (χ4v) is 4.73. The van der Waals surface area contributed by atoms with Gasteiger partial charge in [-0.05, 0) is 62.5 Å². The number of hydrogen-bond donors (Lipinski definition) is 3. The summed E-state index contributed by atoms with van der Waals surface area (Å²) in [7, 11) is 3.19. The first-order chi connectivity index (χ1) is 18.2. The molecule has 0 saturated carbocycles. The maximum atomic E-state index is 12.5. The van der Waals surface area contributed by atoms with Gasteiger partial charge in [-0.1, -0.05) is 24.3 Å². The Bertz CT molecular complexity index is 1310. The van der Waals surface area contributed by atoms with Crippen LogP contribution in [0.15, 0.2) is 59.6 Å². The van der Waals surface area contributed by atoms with Crippen molar-refractivity contribution in [1.82, 2.24) is 4.90 Å². The van der Waals surface area contributed by atoms with Crippen LogP contribution in [-0.4, -0.2) is 71.4 Å². The van der Waals surface area contributed by atoms with Crippen LogP contribution in [0.5, 0.6) is 11.5 Å². The second kappa shape index (κ2) is 13.0. The Morgan fingerprint density at radius 2 is 1.61 bits per heavy atom. The van der Waals surface area contributed by atoms with E-state index in [2.05, 4.69) is 9.89 Å². The number of aliphatic hydroxyl groups excluding tert-OH is 1. The molecule has 0 spiro atoms. The third-order valence-corrected chi connectivity index (χ3v) is 6.73. The van der Waals surface area contributed by atoms with E-state index in [0.29, 0.717) is 23.7 Å². The van der Waals surface area contributed by atoms with Gasteiger partial charge in [0.05, 0.1) is 25.7 Å². The van der Waals surface area contributed by atoms with Gasteiger partial charge in [0, 0.05) is 29.0 Å². The van der Waals surface area contributed by atoms with Crippen molar-refractivity contribution in [1.29, 1.82) is 0 Å². The van der Waals surface area contributed by atoms with Crippen LogP contribution in [-0.2, 0) is 14.4 Å². The molecule has 0 radical (unpaired) electrons. The topological polar surface area (TPSA) is 146 Å². The van der Waals surface area contributed by atoms with E-state index in [-0.39, 0.29) is 17.9 Å². The summed E-state index contributed by atoms with van der Waals surface area (Å²) >= 11 is 0. The number of carboxylic acids is 2. The molecule has 3 N–H and O–H groups in total. The molecule has 2 heterocycles. The number of ether oxygens (including phenoxy) is 2. The number of aliphatic hydroxyl groups is 1. The summed E-state index contributed by atoms with van der Waals surface area (Å²) in [5.74, 6) is -1.14. The minimum absolute atomic E-state index is 0.0506. The van der Waals surface area contributed by atoms with Crippen LogP contribution in [0.2, 0.25) is 0 Å². The molecule has 38 heavy (non-hydrogen) atoms. The molecule has 2 atom stereocenters. The van der Waals surface area contributed by atoms with Gasteiger partial charge in [0.15, 0.2) is 11.5 Å². The number of piperidine rings is 1. The summed E-state index contributed by atoms with van der Waals surface area (Å²) in [5.41, 5.74) is 1.66. The Morgan fingerprint density at radius 1 is 1.00 bits per heavy atom. The fourth-order valence-electron chi connectivity index (χ4n) is 4.73. The predicted octanol–water partition coefficient (Wildman–Crippen LogP) is 1.56. The zero-order valence-electron chi connectivity index (χ0n) is 21.5. The number of nitrogens with zero attached hydrogens (tertiary/aromatic N) is 2. The van der Waals surface area contributed by atoms with Gasteiger partial charge < -0.3 is 24.8 Å². The van der Waals surface area contributed by atoms with Gasteiger partial charge in [0.1, 0.15) is 0 Å². The van der Waals surface area contributed by atoms with Gasteiger partial charge in [-0.15, -0.1) is 0 Å². The van der Waals surface area contributed by atoms with Crippen LogP contribution in [0.1, 0.15) is 31.4 Å². The van der Waals surface area contributed by atoms with E-state index in [1.54, 1.807) is 14.2 Å². The van der Waals surface area contributed by atoms with Crippen molar-refractivity contribution in [3.63, 3.8) is 0 Å². The number of para-hydroxylation sites is 1. The molecule has 4 rings (SSSR count). The molecular weight excluding hydrogens is 492 g/mol. The average Bonchev–Trinajstić information content (AvgIpc) is 3.26. The van der Waals surface area contributed by atoms with Crippen LogP contribution in [0.25, 0.3) is 5.57 Å². The maximum absolute atomic E-state index is 12.5. The molecule has 202 valence electrons. The highest BCUT2D eigenvalue weighted by Gasteiger charge is 2.32. The molecular formula is C28H32N2O8. The van der Waals surface area contributed by atoms with Gasteiger partial charge in [-0.3, -0.25) is 9.69 Å². The molecule has 2 aliphatic rings. The Kier molecular flexibility index (Phi) is 9.75. The molecule has 2 aromatic rings. The lowest BCUT2D eigenvalue weighted by Crippen LogP contribution is -2.43. The predicted molar refractivity (Wildman–Crippen MR) is 138 cm³/mol. The zero-order chi connectivity index (χ0) is 27.8. The quantitative estimate of drug-likeness (QED) is 0.438. The molecule has 1 fully saturated rings. The average molecular weight is 525 g/mol. The van der Waals surface area contributed by atoms with Crippen LogP contribution in [0, 0.1) is 5.92 Å². The van der Waals surface area contributed by atoms with E-state index >= 15 is 0 Å². The number of benzene rings is 2. The van der Waals surface area contributed by atoms with Gasteiger partial charge in [0.2, 0.25) is 0 Å². The third kappa shape index (κ3) is 6.84. The van der Waals surface area contributed by atoms with Crippen LogP contribution < -0.4 is 20.0 Å². The first-order valence-electron chi connectivity index (χ1n) is 12.2. The van der Waals surface area contributed by atoms with E-state index in [1.807, 2.05) is 49.4 Å². The summed E-state index contributed by atoms with van der Waals surface area (Å²) in [6.07, 6.45) is 2.24. The highest BCUT2D eigenvalue weighted by atomic mass is 16.5. The fraction of sp³-hybridized carbons (Fsp3) is 0.357. The number of carbonyl (C=O) groups is 3. The number of hydrogen-bond acceptors (Lipinski definition) is 7. The summed E-state index contributed by atoms with van der Waals surface area (Å²) in [4.78, 5) is 38.1. The molecule has 2 aromatic carbocycles. The number of methoxy groups -OCH3 is 2. The van der Waals surface area contributed by atoms with Crippen LogP contribution in [0.3, 0.4) is 0 Å². The highest BCUT2D eigenvalue weighted by molar-refractivity contribution is 6.16. The zero-order valence-corrected chi connectivity index (χ0v) is 21.5. The molecule has 0 aromatic heterocycles. The molecule has 1 amide bonds. The Balaban J connectivity index is 0.000000436. The van der Waals surface area contributed by atoms with E-state index < -0.39 is 18.0 Å². The number of rotatable bonds is 8. The molecule has 2 unspecified atom stereocenters. The SMILES string of the molecule is COc1ccc(C(O)C(C)N2CCC(C3=c4ccccc4=NC3=O)CC2)cc1OC.O=C(O)/C=C/C(=O)O. The van der Waals surface area contributed by atoms with Gasteiger partial charge >= 0.3 is 11.9 Å². The first-order valence-corrected chi connectivity index (χ1v) is 12.2. The summed E-state index contributed by atoms with van der Waals surface area (Å²) < 4.78 is 10.7. The summed E-state index contributed by atoms with van der Waals surface area (Å²) in [6.45, 7) is 3.70. The number of fused-ring (bicyclic) bond motifs is 1. The Hall–Kier alpha value is -4.02. The number of aliphatic carboxylic acids is 2. The smallest absolute Gasteiger partial charge is 0.328 e. The third-order valence-electron chi connectivity index (χ3n) is 6.73. The number of amides is 1. The molecule has 0 aliphatic carbocycles. The lowest BCUT2D eigenvalue weighted by atomic mass is 9.87. The van der Waals surface area contributed by atoms with E-state index in [4.69, 9.17) is 19.7 Å². The van der Waals surface area contributed by atoms with Crippen molar-refractivity contribution in [3.05, 3.63) is 70.8 Å². The van der Waals surface area contributed by atoms with Gasteiger partial charge in [0.25, 0.3) is 5.91 Å². The molecule has 10 heteroatoms. The van der Waals surface area contributed by atoms with E-state index in [9.17, 15) is 19.5 Å². The first kappa shape index (κ1) is 28.5. The molecule has 1 saturated heterocycles. The van der Waals surface area contributed by atoms with Crippen molar-refractivity contribution in [2.75, 3.05) is 27.3 Å². The van der Waals surface area contributed by atoms with Crippen molar-refractivity contribution >= 4 is 23.4 Å². The van der Waals surface area contributed by atoms with Gasteiger partial charge in [-0.25, -0.2) is 14.6 Å². The maximum Gasteiger partial charge on any atom is 0.328 e. The second-order valence-electron chi connectivity index (χ2n) is 8.97. The van der Waals surface area contributed by atoms with Gasteiger partial charge in [-0.2, -0.15) is 0 Å². The second-order valence-corrected chi connectivity index (χ2v) is 8.97. The summed E-state index contributed by atoms with van der Waals surface area (Å²) in [5, 5.41) is 28.4. The van der Waals surface area contributed by atoms with Crippen LogP contribution >= 0.6 is 0 Å². The molecule has 2 aliphatic heterocycles. The number of carboxylic acid groups (broad SMARTS) is 2. The normalized spacial score (nSPS) is 17.2. The van der Waals surface area contributed by atoms with E-state index in [0.717, 1.165) is 47.6 Å². The van der Waals surface area contributed by atoms with E-state index in [1.165, 1.54) is 0 Å². The lowest BCUT2D eigenvalue weighted by Gasteiger charge is -2.38. The standard InChI is InChI=1S/C24H28N2O4.C4H4O4/c1-15(23(27)17-8-9-20(29-2)21(14-17)30-3)26-12-10-16(11-13-26)22-18-6-4-5-7-19(18)25-24(22)28;5-3(6)1-2-4(7)8/h4-9,14-16,23,27H,10-13H2,1-3H3;1-2H,(H,5,6)(H,7,8)/b;2-1+. The Labute approximate surface area is 220 Å². The minimum Gasteiger partial charge on any atom is -0.493 e. The number of likely N-dealkylation sites (tertiary alicyclic amines) is 1. The molecule has 0 bridgehead atoms. The summed E-state index contributed by atoms with van der Waals surface area (Å²) in [6, 6.07) is 13.2. The molecule has 10 nitrogen and oxygen atoms in total. The lowest BCUT2D eigenvalue weighted by molar-refractivity contribution is -0.134. The monoisotopic (exact) mass is 524 g/mol. The highest BCUT2D eigenvalue weighted by Crippen LogP contribution is 2.34. The minimum atomic E-state index is -1.26.